The van der Waals surface area contributed by atoms with E-state index in [4.69, 9.17) is 74.3 Å². The number of nitrogens with zero attached hydrogens (tertiary/aromatic N) is 3. The molecule has 0 bridgehead atoms. The molecule has 1 aromatic carbocycles. The highest BCUT2D eigenvalue weighted by atomic mass is 35.6. The molecule has 3 rings (SSSR count). The van der Waals surface area contributed by atoms with Crippen molar-refractivity contribution in [2.45, 2.75) is 50.7 Å². The number of aromatic nitrogens is 3. The Bertz CT molecular complexity index is 880. The number of esters is 1. The molecule has 31 heavy (non-hydrogen) atoms. The standard InChI is InChI=1S/C19H17Cl6N3O2S/c20-18(21,22)16-26-15(27-17(28-16)19(23,24)25)11-6-8-13(9-7-11)31-10-14(29)30-12-4-2-1-3-5-12/h6-9,12H,1-5,10H2. The number of ether oxygens (including phenoxy) is 1. The SMILES string of the molecule is O=C(CSc1ccc(-c2nc(C(Cl)(Cl)Cl)nc(C(Cl)(Cl)Cl)n2)cc1)OC1CCCCC1. The van der Waals surface area contributed by atoms with Crippen molar-refractivity contribution < 1.29 is 9.53 Å². The Balaban J connectivity index is 1.70. The maximum absolute atomic E-state index is 12.1. The lowest BCUT2D eigenvalue weighted by Gasteiger charge is -2.21. The molecule has 12 heteroatoms. The largest absolute Gasteiger partial charge is 0.462 e. The molecule has 1 saturated carbocycles. The topological polar surface area (TPSA) is 65.0 Å². The van der Waals surface area contributed by atoms with Gasteiger partial charge >= 0.3 is 5.97 Å². The first-order valence-electron chi connectivity index (χ1n) is 9.35. The van der Waals surface area contributed by atoms with Gasteiger partial charge in [0.2, 0.25) is 7.59 Å². The van der Waals surface area contributed by atoms with Crippen LogP contribution in [-0.4, -0.2) is 32.8 Å². The molecule has 1 aliphatic rings. The fourth-order valence-electron chi connectivity index (χ4n) is 3.00. The summed E-state index contributed by atoms with van der Waals surface area (Å²) in [6, 6.07) is 7.16. The quantitative estimate of drug-likeness (QED) is 0.218. The summed E-state index contributed by atoms with van der Waals surface area (Å²) in [5.74, 6) is -0.111. The number of alkyl halides is 6. The van der Waals surface area contributed by atoms with Crippen molar-refractivity contribution in [3.63, 3.8) is 0 Å². The summed E-state index contributed by atoms with van der Waals surface area (Å²) in [5, 5.41) is 0. The molecule has 1 aromatic heterocycles. The third-order valence-electron chi connectivity index (χ3n) is 4.46. The lowest BCUT2D eigenvalue weighted by atomic mass is 9.98. The summed E-state index contributed by atoms with van der Waals surface area (Å²) in [7, 11) is 0. The average Bonchev–Trinajstić information content (AvgIpc) is 2.72. The van der Waals surface area contributed by atoms with Crippen molar-refractivity contribution in [1.82, 2.24) is 15.0 Å². The van der Waals surface area contributed by atoms with Gasteiger partial charge < -0.3 is 4.74 Å². The van der Waals surface area contributed by atoms with E-state index in [-0.39, 0.29) is 35.3 Å². The number of thioether (sulfide) groups is 1. The summed E-state index contributed by atoms with van der Waals surface area (Å²) < 4.78 is 1.69. The minimum absolute atomic E-state index is 0.0484. The van der Waals surface area contributed by atoms with Crippen molar-refractivity contribution in [2.24, 2.45) is 0 Å². The van der Waals surface area contributed by atoms with Gasteiger partial charge in [-0.3, -0.25) is 4.79 Å². The molecule has 0 saturated heterocycles. The number of benzene rings is 1. The fourth-order valence-corrected chi connectivity index (χ4v) is 4.19. The van der Waals surface area contributed by atoms with Gasteiger partial charge in [-0.05, 0) is 37.8 Å². The van der Waals surface area contributed by atoms with Crippen LogP contribution >= 0.6 is 81.4 Å². The predicted molar refractivity (Wildman–Crippen MR) is 127 cm³/mol. The van der Waals surface area contributed by atoms with E-state index in [1.165, 1.54) is 18.2 Å². The Morgan fingerprint density at radius 1 is 0.903 bits per heavy atom. The zero-order valence-electron chi connectivity index (χ0n) is 16.0. The van der Waals surface area contributed by atoms with Gasteiger partial charge in [-0.1, -0.05) is 88.2 Å². The fraction of sp³-hybridized carbons (Fsp3) is 0.474. The van der Waals surface area contributed by atoms with Crippen LogP contribution in [0.15, 0.2) is 29.2 Å². The zero-order valence-corrected chi connectivity index (χ0v) is 21.3. The van der Waals surface area contributed by atoms with E-state index >= 15 is 0 Å². The summed E-state index contributed by atoms with van der Waals surface area (Å²) in [6.07, 6.45) is 5.38. The molecule has 0 spiro atoms. The van der Waals surface area contributed by atoms with Crippen molar-refractivity contribution in [3.05, 3.63) is 35.9 Å². The monoisotopic (exact) mass is 561 g/mol. The summed E-state index contributed by atoms with van der Waals surface area (Å²) in [6.45, 7) is 0. The van der Waals surface area contributed by atoms with Crippen LogP contribution in [0, 0.1) is 0 Å². The lowest BCUT2D eigenvalue weighted by Crippen LogP contribution is -2.21. The van der Waals surface area contributed by atoms with Gasteiger partial charge in [0.15, 0.2) is 17.5 Å². The van der Waals surface area contributed by atoms with Gasteiger partial charge in [-0.15, -0.1) is 11.8 Å². The van der Waals surface area contributed by atoms with Crippen molar-refractivity contribution >= 4 is 87.3 Å². The second kappa shape index (κ2) is 10.8. The van der Waals surface area contributed by atoms with Crippen LogP contribution in [0.5, 0.6) is 0 Å². The first-order chi connectivity index (χ1) is 14.5. The van der Waals surface area contributed by atoms with E-state index < -0.39 is 7.59 Å². The average molecular weight is 564 g/mol. The van der Waals surface area contributed by atoms with Crippen LogP contribution < -0.4 is 0 Å². The van der Waals surface area contributed by atoms with Crippen LogP contribution in [0.3, 0.4) is 0 Å². The molecule has 5 nitrogen and oxygen atoms in total. The lowest BCUT2D eigenvalue weighted by molar-refractivity contribution is -0.147. The number of carbonyl (C=O) groups is 1. The second-order valence-corrected chi connectivity index (χ2v) is 12.5. The van der Waals surface area contributed by atoms with E-state index in [0.717, 1.165) is 30.6 Å². The smallest absolute Gasteiger partial charge is 0.316 e. The Kier molecular flexibility index (Phi) is 8.86. The van der Waals surface area contributed by atoms with E-state index in [9.17, 15) is 4.79 Å². The van der Waals surface area contributed by atoms with E-state index in [1.54, 1.807) is 12.1 Å². The van der Waals surface area contributed by atoms with E-state index in [2.05, 4.69) is 15.0 Å². The Hall–Kier alpha value is -0.210. The maximum atomic E-state index is 12.1. The van der Waals surface area contributed by atoms with Gasteiger partial charge in [0.05, 0.1) is 5.75 Å². The molecule has 0 unspecified atom stereocenters. The van der Waals surface area contributed by atoms with Gasteiger partial charge in [0, 0.05) is 10.5 Å². The van der Waals surface area contributed by atoms with Crippen LogP contribution in [0.1, 0.15) is 43.8 Å². The molecule has 0 amide bonds. The maximum Gasteiger partial charge on any atom is 0.316 e. The first-order valence-corrected chi connectivity index (χ1v) is 12.6. The molecular weight excluding hydrogens is 547 g/mol. The predicted octanol–water partition coefficient (Wildman–Crippen LogP) is 7.16. The highest BCUT2D eigenvalue weighted by Crippen LogP contribution is 2.40. The molecule has 0 radical (unpaired) electrons. The number of carbonyl (C=O) groups excluding carboxylic acids is 1. The Morgan fingerprint density at radius 2 is 1.45 bits per heavy atom. The highest BCUT2D eigenvalue weighted by Gasteiger charge is 2.34. The normalized spacial score (nSPS) is 15.7. The van der Waals surface area contributed by atoms with Crippen LogP contribution in [0.2, 0.25) is 0 Å². The first kappa shape index (κ1) is 25.4. The summed E-state index contributed by atoms with van der Waals surface area (Å²) in [4.78, 5) is 25.3. The molecule has 0 aliphatic heterocycles. The molecule has 2 aromatic rings. The van der Waals surface area contributed by atoms with Crippen LogP contribution in [0.4, 0.5) is 0 Å². The summed E-state index contributed by atoms with van der Waals surface area (Å²) >= 11 is 36.8. The second-order valence-electron chi connectivity index (χ2n) is 6.86. The molecule has 1 fully saturated rings. The molecule has 0 N–H and O–H groups in total. The van der Waals surface area contributed by atoms with Gasteiger partial charge in [-0.2, -0.15) is 0 Å². The molecule has 168 valence electrons. The third-order valence-corrected chi connectivity index (χ3v) is 6.46. The highest BCUT2D eigenvalue weighted by molar-refractivity contribution is 8.00. The van der Waals surface area contributed by atoms with Crippen molar-refractivity contribution in [1.29, 1.82) is 0 Å². The van der Waals surface area contributed by atoms with Crippen LogP contribution in [0.25, 0.3) is 11.4 Å². The van der Waals surface area contributed by atoms with E-state index in [0.29, 0.717) is 5.56 Å². The number of hydrogen-bond donors (Lipinski definition) is 0. The molecular formula is C19H17Cl6N3O2S. The molecule has 1 heterocycles. The third kappa shape index (κ3) is 7.66. The minimum atomic E-state index is -1.92. The van der Waals surface area contributed by atoms with Gasteiger partial charge in [-0.25, -0.2) is 15.0 Å². The van der Waals surface area contributed by atoms with Crippen molar-refractivity contribution in [2.75, 3.05) is 5.75 Å². The number of hydrogen-bond acceptors (Lipinski definition) is 6. The van der Waals surface area contributed by atoms with Gasteiger partial charge in [0.1, 0.15) is 6.10 Å². The summed E-state index contributed by atoms with van der Waals surface area (Å²) in [5.41, 5.74) is 0.600. The van der Waals surface area contributed by atoms with Crippen molar-refractivity contribution in [3.8, 4) is 11.4 Å². The van der Waals surface area contributed by atoms with Crippen LogP contribution in [-0.2, 0) is 17.1 Å². The van der Waals surface area contributed by atoms with E-state index in [1.807, 2.05) is 12.1 Å². The molecule has 1 aliphatic carbocycles. The van der Waals surface area contributed by atoms with Gasteiger partial charge in [0.25, 0.3) is 0 Å². The Labute approximate surface area is 214 Å². The number of rotatable bonds is 5. The number of halogens is 6. The minimum Gasteiger partial charge on any atom is -0.462 e. The zero-order chi connectivity index (χ0) is 22.6. The Morgan fingerprint density at radius 3 is 1.97 bits per heavy atom. The molecule has 0 atom stereocenters.